The van der Waals surface area contributed by atoms with Crippen molar-refractivity contribution in [3.8, 4) is 0 Å². The maximum absolute atomic E-state index is 11.9. The van der Waals surface area contributed by atoms with E-state index in [0.29, 0.717) is 11.4 Å². The van der Waals surface area contributed by atoms with Gasteiger partial charge in [-0.3, -0.25) is 14.7 Å². The molecule has 2 aromatic heterocycles. The average molecular weight is 351 g/mol. The molecule has 2 aliphatic rings. The molecule has 2 aromatic rings. The van der Waals surface area contributed by atoms with Gasteiger partial charge < -0.3 is 11.1 Å². The number of aromatic nitrogens is 2. The highest BCUT2D eigenvalue weighted by Gasteiger charge is 2.24. The molecule has 0 aromatic carbocycles. The largest absolute Gasteiger partial charge is 0.365 e. The minimum absolute atomic E-state index is 0.262. The fourth-order valence-electron chi connectivity index (χ4n) is 4.00. The van der Waals surface area contributed by atoms with Crippen molar-refractivity contribution in [2.24, 2.45) is 5.73 Å². The molecule has 1 atom stereocenters. The summed E-state index contributed by atoms with van der Waals surface area (Å²) < 4.78 is 0. The lowest BCUT2D eigenvalue weighted by molar-refractivity contribution is 0.100. The van der Waals surface area contributed by atoms with Gasteiger partial charge in [0.1, 0.15) is 5.82 Å². The van der Waals surface area contributed by atoms with Crippen LogP contribution in [0.1, 0.15) is 46.6 Å². The van der Waals surface area contributed by atoms with Gasteiger partial charge in [0.2, 0.25) is 0 Å². The number of aryl methyl sites for hydroxylation is 2. The predicted octanol–water partition coefficient (Wildman–Crippen LogP) is 2.14. The topological polar surface area (TPSA) is 84.1 Å². The van der Waals surface area contributed by atoms with E-state index in [1.165, 1.54) is 5.56 Å². The Morgan fingerprint density at radius 1 is 1.31 bits per heavy atom. The van der Waals surface area contributed by atoms with Crippen LogP contribution >= 0.6 is 0 Å². The number of primary amides is 1. The van der Waals surface area contributed by atoms with Crippen molar-refractivity contribution in [2.75, 3.05) is 18.4 Å². The van der Waals surface area contributed by atoms with E-state index in [0.717, 1.165) is 63.1 Å². The molecule has 0 spiro atoms. The van der Waals surface area contributed by atoms with Crippen molar-refractivity contribution in [1.82, 2.24) is 14.9 Å². The summed E-state index contributed by atoms with van der Waals surface area (Å²) >= 11 is 0. The third-order valence-electron chi connectivity index (χ3n) is 5.27. The van der Waals surface area contributed by atoms with Gasteiger partial charge in [-0.25, -0.2) is 4.98 Å². The summed E-state index contributed by atoms with van der Waals surface area (Å²) in [4.78, 5) is 23.5. The Labute approximate surface area is 153 Å². The molecule has 0 bridgehead atoms. The zero-order chi connectivity index (χ0) is 17.9. The number of carbonyl (C=O) groups excluding carboxylic acids is 1. The zero-order valence-electron chi connectivity index (χ0n) is 14.9. The molecule has 1 unspecified atom stereocenters. The number of nitrogens with two attached hydrogens (primary N) is 1. The van der Waals surface area contributed by atoms with Crippen LogP contribution in [0.2, 0.25) is 0 Å². The maximum atomic E-state index is 11.9. The summed E-state index contributed by atoms with van der Waals surface area (Å²) in [6, 6.07) is 8.22. The Morgan fingerprint density at radius 3 is 3.04 bits per heavy atom. The van der Waals surface area contributed by atoms with Gasteiger partial charge in [-0.1, -0.05) is 6.07 Å². The number of nitrogens with zero attached hydrogens (tertiary/aromatic N) is 3. The van der Waals surface area contributed by atoms with E-state index in [-0.39, 0.29) is 6.04 Å². The van der Waals surface area contributed by atoms with Gasteiger partial charge in [0, 0.05) is 31.0 Å². The van der Waals surface area contributed by atoms with E-state index >= 15 is 0 Å². The minimum atomic E-state index is -0.407. The number of rotatable bonds is 5. The number of carbonyl (C=O) groups is 1. The Kier molecular flexibility index (Phi) is 4.84. The van der Waals surface area contributed by atoms with E-state index in [1.54, 1.807) is 0 Å². The lowest BCUT2D eigenvalue weighted by atomic mass is 10.0. The maximum Gasteiger partial charge on any atom is 0.252 e. The molecule has 0 saturated carbocycles. The molecular weight excluding hydrogens is 326 g/mol. The molecule has 6 nitrogen and oxygen atoms in total. The normalized spacial score (nSPS) is 19.9. The molecule has 1 saturated heterocycles. The first-order chi connectivity index (χ1) is 12.7. The summed E-state index contributed by atoms with van der Waals surface area (Å²) in [5.74, 6) is 0.249. The number of likely N-dealkylation sites (tertiary alicyclic amines) is 1. The SMILES string of the molecule is NC(=O)c1cc2c(nc1NC1CCCN(Cc3ccccn3)C1)CCC2. The highest BCUT2D eigenvalue weighted by atomic mass is 16.1. The quantitative estimate of drug-likeness (QED) is 0.862. The smallest absolute Gasteiger partial charge is 0.252 e. The highest BCUT2D eigenvalue weighted by Crippen LogP contribution is 2.26. The second-order valence-corrected chi connectivity index (χ2v) is 7.25. The van der Waals surface area contributed by atoms with Gasteiger partial charge >= 0.3 is 0 Å². The van der Waals surface area contributed by atoms with Crippen LogP contribution in [0.25, 0.3) is 0 Å². The number of piperidine rings is 1. The first-order valence-corrected chi connectivity index (χ1v) is 9.40. The van der Waals surface area contributed by atoms with Crippen LogP contribution in [0.3, 0.4) is 0 Å². The number of anilines is 1. The molecule has 1 aliphatic carbocycles. The van der Waals surface area contributed by atoms with Crippen LogP contribution in [0.15, 0.2) is 30.5 Å². The van der Waals surface area contributed by atoms with Crippen molar-refractivity contribution >= 4 is 11.7 Å². The highest BCUT2D eigenvalue weighted by molar-refractivity contribution is 5.97. The first kappa shape index (κ1) is 17.0. The van der Waals surface area contributed by atoms with Gasteiger partial charge in [-0.2, -0.15) is 0 Å². The molecule has 6 heteroatoms. The van der Waals surface area contributed by atoms with Crippen molar-refractivity contribution in [2.45, 2.75) is 44.7 Å². The monoisotopic (exact) mass is 351 g/mol. The third-order valence-corrected chi connectivity index (χ3v) is 5.27. The van der Waals surface area contributed by atoms with Gasteiger partial charge in [-0.15, -0.1) is 0 Å². The number of nitrogens with one attached hydrogen (secondary N) is 1. The minimum Gasteiger partial charge on any atom is -0.365 e. The average Bonchev–Trinajstić information content (AvgIpc) is 3.09. The van der Waals surface area contributed by atoms with Gasteiger partial charge in [-0.05, 0) is 62.4 Å². The lowest BCUT2D eigenvalue weighted by Crippen LogP contribution is -2.42. The molecule has 136 valence electrons. The van der Waals surface area contributed by atoms with Crippen LogP contribution in [-0.4, -0.2) is 39.9 Å². The van der Waals surface area contributed by atoms with Crippen molar-refractivity contribution in [3.05, 3.63) is 53.0 Å². The van der Waals surface area contributed by atoms with E-state index in [1.807, 2.05) is 24.4 Å². The number of hydrogen-bond donors (Lipinski definition) is 2. The number of fused-ring (bicyclic) bond motifs is 1. The molecule has 1 amide bonds. The van der Waals surface area contributed by atoms with Crippen molar-refractivity contribution in [3.63, 3.8) is 0 Å². The number of hydrogen-bond acceptors (Lipinski definition) is 5. The van der Waals surface area contributed by atoms with Crippen LogP contribution in [0.5, 0.6) is 0 Å². The van der Waals surface area contributed by atoms with E-state index in [2.05, 4.69) is 21.3 Å². The summed E-state index contributed by atoms with van der Waals surface area (Å²) in [7, 11) is 0. The molecular formula is C20H25N5O. The Morgan fingerprint density at radius 2 is 2.23 bits per heavy atom. The van der Waals surface area contributed by atoms with Crippen molar-refractivity contribution < 1.29 is 4.79 Å². The standard InChI is InChI=1S/C20H25N5O/c21-19(26)17-11-14-5-3-8-18(14)24-20(17)23-16-7-4-10-25(13-16)12-15-6-1-2-9-22-15/h1-2,6,9,11,16H,3-5,7-8,10,12-13H2,(H2,21,26)(H,23,24). The van der Waals surface area contributed by atoms with Crippen LogP contribution in [0, 0.1) is 0 Å². The van der Waals surface area contributed by atoms with E-state index in [4.69, 9.17) is 10.7 Å². The molecule has 1 aliphatic heterocycles. The van der Waals surface area contributed by atoms with Gasteiger partial charge in [0.15, 0.2) is 0 Å². The van der Waals surface area contributed by atoms with Crippen molar-refractivity contribution in [1.29, 1.82) is 0 Å². The molecule has 4 rings (SSSR count). The fourth-order valence-corrected chi connectivity index (χ4v) is 4.00. The molecule has 3 N–H and O–H groups in total. The van der Waals surface area contributed by atoms with Gasteiger partial charge in [0.05, 0.1) is 11.3 Å². The second-order valence-electron chi connectivity index (χ2n) is 7.25. The summed E-state index contributed by atoms with van der Waals surface area (Å²) in [5, 5.41) is 3.50. The van der Waals surface area contributed by atoms with E-state index < -0.39 is 5.91 Å². The predicted molar refractivity (Wildman–Crippen MR) is 101 cm³/mol. The molecule has 26 heavy (non-hydrogen) atoms. The summed E-state index contributed by atoms with van der Waals surface area (Å²) in [6.07, 6.45) is 7.09. The summed E-state index contributed by atoms with van der Waals surface area (Å²) in [6.45, 7) is 2.82. The fraction of sp³-hybridized carbons (Fsp3) is 0.450. The van der Waals surface area contributed by atoms with Crippen LogP contribution < -0.4 is 11.1 Å². The zero-order valence-corrected chi connectivity index (χ0v) is 14.9. The Hall–Kier alpha value is -2.47. The van der Waals surface area contributed by atoms with Crippen LogP contribution in [0.4, 0.5) is 5.82 Å². The Bertz CT molecular complexity index is 792. The lowest BCUT2D eigenvalue weighted by Gasteiger charge is -2.33. The molecule has 3 heterocycles. The third kappa shape index (κ3) is 3.70. The first-order valence-electron chi connectivity index (χ1n) is 9.40. The van der Waals surface area contributed by atoms with E-state index in [9.17, 15) is 4.79 Å². The Balaban J connectivity index is 1.47. The van der Waals surface area contributed by atoms with Gasteiger partial charge in [0.25, 0.3) is 5.91 Å². The summed E-state index contributed by atoms with van der Waals surface area (Å²) in [5.41, 5.74) is 9.49. The molecule has 1 fully saturated rings. The number of amides is 1. The number of pyridine rings is 2. The second kappa shape index (κ2) is 7.41. The molecule has 0 radical (unpaired) electrons. The van der Waals surface area contributed by atoms with Crippen LogP contribution in [-0.2, 0) is 19.4 Å².